The van der Waals surface area contributed by atoms with Crippen LogP contribution < -0.4 is 4.90 Å². The molecule has 0 spiro atoms. The Labute approximate surface area is 138 Å². The van der Waals surface area contributed by atoms with Gasteiger partial charge in [0.05, 0.1) is 30.2 Å². The summed E-state index contributed by atoms with van der Waals surface area (Å²) in [6, 6.07) is 6.18. The summed E-state index contributed by atoms with van der Waals surface area (Å²) >= 11 is 0. The number of ketones is 1. The quantitative estimate of drug-likeness (QED) is 0.672. The molecule has 3 heterocycles. The standard InChI is InChI=1S/C17H14FN5O/c1-23(13-9-19-11-20-10-13)12-4-6-22-16(7-12)17(24)8-15-14(18)3-2-5-21-15/h2-7,9-11H,8H2,1H3. The van der Waals surface area contributed by atoms with E-state index in [1.165, 1.54) is 30.9 Å². The smallest absolute Gasteiger partial charge is 0.187 e. The summed E-state index contributed by atoms with van der Waals surface area (Å²) in [5.74, 6) is -0.798. The zero-order valence-electron chi connectivity index (χ0n) is 12.9. The van der Waals surface area contributed by atoms with Crippen molar-refractivity contribution < 1.29 is 9.18 Å². The summed E-state index contributed by atoms with van der Waals surface area (Å²) in [6.45, 7) is 0. The van der Waals surface area contributed by atoms with Crippen molar-refractivity contribution >= 4 is 17.2 Å². The minimum Gasteiger partial charge on any atom is -0.342 e. The van der Waals surface area contributed by atoms with Crippen LogP contribution in [0.3, 0.4) is 0 Å². The number of halogens is 1. The number of rotatable bonds is 5. The first-order chi connectivity index (χ1) is 11.6. The summed E-state index contributed by atoms with van der Waals surface area (Å²) < 4.78 is 13.6. The van der Waals surface area contributed by atoms with Gasteiger partial charge < -0.3 is 4.90 Å². The number of nitrogens with zero attached hydrogens (tertiary/aromatic N) is 5. The second kappa shape index (κ2) is 6.91. The van der Waals surface area contributed by atoms with Crippen LogP contribution in [0.15, 0.2) is 55.4 Å². The molecule has 3 aromatic heterocycles. The molecule has 24 heavy (non-hydrogen) atoms. The Morgan fingerprint density at radius 2 is 1.92 bits per heavy atom. The Morgan fingerprint density at radius 1 is 1.12 bits per heavy atom. The van der Waals surface area contributed by atoms with Crippen LogP contribution in [-0.4, -0.2) is 32.8 Å². The van der Waals surface area contributed by atoms with Gasteiger partial charge in [-0.05, 0) is 24.3 Å². The number of Topliss-reactive ketones (excluding diaryl/α,β-unsaturated/α-hetero) is 1. The van der Waals surface area contributed by atoms with E-state index in [-0.39, 0.29) is 23.6 Å². The third-order valence-corrected chi connectivity index (χ3v) is 3.51. The number of hydrogen-bond acceptors (Lipinski definition) is 6. The maximum absolute atomic E-state index is 13.6. The highest BCUT2D eigenvalue weighted by atomic mass is 19.1. The maximum atomic E-state index is 13.6. The Balaban J connectivity index is 1.83. The molecule has 0 bridgehead atoms. The molecular formula is C17H14FN5O. The first-order valence-electron chi connectivity index (χ1n) is 7.22. The molecule has 0 N–H and O–H groups in total. The van der Waals surface area contributed by atoms with Crippen molar-refractivity contribution in [2.24, 2.45) is 0 Å². The van der Waals surface area contributed by atoms with Crippen molar-refractivity contribution in [3.05, 3.63) is 72.6 Å². The van der Waals surface area contributed by atoms with Gasteiger partial charge in [0.25, 0.3) is 0 Å². The number of anilines is 2. The predicted octanol–water partition coefficient (Wildman–Crippen LogP) is 2.60. The molecule has 0 aromatic carbocycles. The van der Waals surface area contributed by atoms with Gasteiger partial charge in [-0.2, -0.15) is 0 Å². The van der Waals surface area contributed by atoms with Crippen molar-refractivity contribution in [3.8, 4) is 0 Å². The van der Waals surface area contributed by atoms with Crippen molar-refractivity contribution in [2.45, 2.75) is 6.42 Å². The van der Waals surface area contributed by atoms with Gasteiger partial charge >= 0.3 is 0 Å². The molecule has 0 unspecified atom stereocenters. The predicted molar refractivity (Wildman–Crippen MR) is 86.6 cm³/mol. The van der Waals surface area contributed by atoms with Crippen LogP contribution in [0.25, 0.3) is 0 Å². The van der Waals surface area contributed by atoms with E-state index < -0.39 is 5.82 Å². The average Bonchev–Trinajstić information content (AvgIpc) is 2.64. The lowest BCUT2D eigenvalue weighted by molar-refractivity contribution is 0.0986. The summed E-state index contributed by atoms with van der Waals surface area (Å²) in [5.41, 5.74) is 1.89. The fourth-order valence-electron chi connectivity index (χ4n) is 2.19. The van der Waals surface area contributed by atoms with Crippen LogP contribution in [0, 0.1) is 5.82 Å². The van der Waals surface area contributed by atoms with Crippen LogP contribution in [0.4, 0.5) is 15.8 Å². The van der Waals surface area contributed by atoms with E-state index in [1.807, 2.05) is 11.9 Å². The van der Waals surface area contributed by atoms with E-state index in [1.54, 1.807) is 24.5 Å². The molecule has 0 saturated heterocycles. The van der Waals surface area contributed by atoms with Gasteiger partial charge in [0.2, 0.25) is 0 Å². The maximum Gasteiger partial charge on any atom is 0.187 e. The van der Waals surface area contributed by atoms with Gasteiger partial charge in [-0.3, -0.25) is 14.8 Å². The second-order valence-corrected chi connectivity index (χ2v) is 5.09. The normalized spacial score (nSPS) is 10.4. The third-order valence-electron chi connectivity index (χ3n) is 3.51. The topological polar surface area (TPSA) is 71.9 Å². The summed E-state index contributed by atoms with van der Waals surface area (Å²) in [7, 11) is 1.83. The third kappa shape index (κ3) is 3.40. The molecule has 0 fully saturated rings. The fourth-order valence-corrected chi connectivity index (χ4v) is 2.19. The number of carbonyl (C=O) groups is 1. The van der Waals surface area contributed by atoms with Crippen LogP contribution >= 0.6 is 0 Å². The van der Waals surface area contributed by atoms with Crippen molar-refractivity contribution in [3.63, 3.8) is 0 Å². The molecule has 0 aliphatic carbocycles. The lowest BCUT2D eigenvalue weighted by Crippen LogP contribution is -2.13. The summed E-state index contributed by atoms with van der Waals surface area (Å²) in [4.78, 5) is 30.1. The van der Waals surface area contributed by atoms with Gasteiger partial charge in [0.1, 0.15) is 17.8 Å². The molecule has 0 aliphatic heterocycles. The molecule has 0 amide bonds. The number of hydrogen-bond donors (Lipinski definition) is 0. The van der Waals surface area contributed by atoms with E-state index in [4.69, 9.17) is 0 Å². The van der Waals surface area contributed by atoms with Gasteiger partial charge in [0, 0.05) is 25.1 Å². The molecule has 0 aliphatic rings. The largest absolute Gasteiger partial charge is 0.342 e. The molecule has 0 atom stereocenters. The monoisotopic (exact) mass is 323 g/mol. The van der Waals surface area contributed by atoms with Gasteiger partial charge in [-0.25, -0.2) is 14.4 Å². The molecule has 6 nitrogen and oxygen atoms in total. The van der Waals surface area contributed by atoms with E-state index in [2.05, 4.69) is 19.9 Å². The highest BCUT2D eigenvalue weighted by molar-refractivity contribution is 5.96. The second-order valence-electron chi connectivity index (χ2n) is 5.09. The molecular weight excluding hydrogens is 309 g/mol. The van der Waals surface area contributed by atoms with Crippen LogP contribution in [0.1, 0.15) is 16.2 Å². The van der Waals surface area contributed by atoms with Crippen molar-refractivity contribution in [2.75, 3.05) is 11.9 Å². The van der Waals surface area contributed by atoms with Crippen molar-refractivity contribution in [1.29, 1.82) is 0 Å². The molecule has 3 rings (SSSR count). The molecule has 120 valence electrons. The van der Waals surface area contributed by atoms with Gasteiger partial charge in [-0.15, -0.1) is 0 Å². The first kappa shape index (κ1) is 15.7. The first-order valence-corrected chi connectivity index (χ1v) is 7.22. The van der Waals surface area contributed by atoms with Crippen LogP contribution in [0.5, 0.6) is 0 Å². The van der Waals surface area contributed by atoms with Crippen molar-refractivity contribution in [1.82, 2.24) is 19.9 Å². The van der Waals surface area contributed by atoms with Gasteiger partial charge in [0.15, 0.2) is 5.78 Å². The van der Waals surface area contributed by atoms with Crippen LogP contribution in [0.2, 0.25) is 0 Å². The number of pyridine rings is 2. The number of carbonyl (C=O) groups excluding carboxylic acids is 1. The van der Waals surface area contributed by atoms with E-state index in [0.717, 1.165) is 11.4 Å². The zero-order chi connectivity index (χ0) is 16.9. The molecule has 0 radical (unpaired) electrons. The Morgan fingerprint density at radius 3 is 2.67 bits per heavy atom. The Kier molecular flexibility index (Phi) is 4.51. The Hall–Kier alpha value is -3.22. The number of aromatic nitrogens is 4. The lowest BCUT2D eigenvalue weighted by atomic mass is 10.1. The van der Waals surface area contributed by atoms with E-state index in [9.17, 15) is 9.18 Å². The SMILES string of the molecule is CN(c1cncnc1)c1ccnc(C(=O)Cc2ncccc2F)c1. The lowest BCUT2D eigenvalue weighted by Gasteiger charge is -2.18. The van der Waals surface area contributed by atoms with E-state index in [0.29, 0.717) is 0 Å². The minimum absolute atomic E-state index is 0.111. The van der Waals surface area contributed by atoms with E-state index >= 15 is 0 Å². The molecule has 7 heteroatoms. The average molecular weight is 323 g/mol. The highest BCUT2D eigenvalue weighted by Crippen LogP contribution is 2.22. The summed E-state index contributed by atoms with van der Waals surface area (Å²) in [6.07, 6.45) is 7.63. The molecule has 0 saturated carbocycles. The zero-order valence-corrected chi connectivity index (χ0v) is 12.9. The van der Waals surface area contributed by atoms with Crippen LogP contribution in [-0.2, 0) is 6.42 Å². The minimum atomic E-state index is -0.499. The Bertz CT molecular complexity index is 856. The summed E-state index contributed by atoms with van der Waals surface area (Å²) in [5, 5.41) is 0. The van der Waals surface area contributed by atoms with Gasteiger partial charge in [-0.1, -0.05) is 0 Å². The molecule has 3 aromatic rings. The highest BCUT2D eigenvalue weighted by Gasteiger charge is 2.14. The fraction of sp³-hybridized carbons (Fsp3) is 0.118.